The Labute approximate surface area is 179 Å². The minimum atomic E-state index is -0.687. The molecule has 3 aromatic rings. The lowest BCUT2D eigenvalue weighted by molar-refractivity contribution is -0.125. The summed E-state index contributed by atoms with van der Waals surface area (Å²) in [6, 6.07) is 20.9. The number of nitrogens with zero attached hydrogens (tertiary/aromatic N) is 1. The maximum Gasteiger partial charge on any atom is 0.268 e. The van der Waals surface area contributed by atoms with Crippen LogP contribution in [0.25, 0.3) is 6.08 Å². The zero-order valence-electron chi connectivity index (χ0n) is 16.9. The molecular formula is C25H21FN2O3. The summed E-state index contributed by atoms with van der Waals surface area (Å²) >= 11 is 0. The molecule has 0 saturated carbocycles. The quantitative estimate of drug-likeness (QED) is 0.609. The Morgan fingerprint density at radius 1 is 1.10 bits per heavy atom. The van der Waals surface area contributed by atoms with Crippen molar-refractivity contribution in [3.63, 3.8) is 0 Å². The lowest BCUT2D eigenvalue weighted by atomic mass is 10.1. The van der Waals surface area contributed by atoms with Crippen LogP contribution in [0.15, 0.2) is 78.9 Å². The molecule has 1 heterocycles. The van der Waals surface area contributed by atoms with E-state index in [1.54, 1.807) is 49.4 Å². The lowest BCUT2D eigenvalue weighted by Gasteiger charge is -2.33. The Morgan fingerprint density at radius 2 is 1.84 bits per heavy atom. The monoisotopic (exact) mass is 416 g/mol. The highest BCUT2D eigenvalue weighted by Crippen LogP contribution is 2.37. The number of carbonyl (C=O) groups is 2. The van der Waals surface area contributed by atoms with Gasteiger partial charge in [0.25, 0.3) is 5.91 Å². The van der Waals surface area contributed by atoms with E-state index < -0.39 is 6.10 Å². The molecule has 1 unspecified atom stereocenters. The predicted octanol–water partition coefficient (Wildman–Crippen LogP) is 4.79. The van der Waals surface area contributed by atoms with Gasteiger partial charge in [0.2, 0.25) is 5.91 Å². The topological polar surface area (TPSA) is 58.6 Å². The van der Waals surface area contributed by atoms with Crippen LogP contribution in [0.2, 0.25) is 0 Å². The zero-order chi connectivity index (χ0) is 21.8. The van der Waals surface area contributed by atoms with Gasteiger partial charge in [-0.3, -0.25) is 9.59 Å². The number of ether oxygens (including phenoxy) is 1. The average Bonchev–Trinajstić information content (AvgIpc) is 2.78. The molecule has 1 atom stereocenters. The summed E-state index contributed by atoms with van der Waals surface area (Å²) in [6.45, 7) is 1.72. The van der Waals surface area contributed by atoms with Gasteiger partial charge in [0.05, 0.1) is 12.2 Å². The highest BCUT2D eigenvalue weighted by Gasteiger charge is 2.32. The maximum absolute atomic E-state index is 14.2. The van der Waals surface area contributed by atoms with Gasteiger partial charge in [-0.1, -0.05) is 48.5 Å². The number of benzene rings is 3. The molecule has 1 N–H and O–H groups in total. The van der Waals surface area contributed by atoms with Crippen LogP contribution < -0.4 is 15.0 Å². The largest absolute Gasteiger partial charge is 0.479 e. The molecule has 156 valence electrons. The fourth-order valence-corrected chi connectivity index (χ4v) is 3.36. The van der Waals surface area contributed by atoms with E-state index in [0.29, 0.717) is 22.7 Å². The van der Waals surface area contributed by atoms with E-state index in [1.807, 2.05) is 30.3 Å². The maximum atomic E-state index is 14.2. The Hall–Kier alpha value is -3.93. The second-order valence-corrected chi connectivity index (χ2v) is 7.19. The molecule has 0 radical (unpaired) electrons. The fourth-order valence-electron chi connectivity index (χ4n) is 3.36. The number of anilines is 2. The van der Waals surface area contributed by atoms with Gasteiger partial charge in [-0.2, -0.15) is 0 Å². The summed E-state index contributed by atoms with van der Waals surface area (Å²) in [5, 5.41) is 2.79. The standard InChI is InChI=1S/C25H21FN2O3/c1-17-25(30)28(16-19-9-5-6-10-21(19)26)22-15-20(12-13-23(22)31-17)27-24(29)14-11-18-7-3-2-4-8-18/h2-15,17H,16H2,1H3,(H,27,29)/b14-11+. The van der Waals surface area contributed by atoms with E-state index in [0.717, 1.165) is 5.56 Å². The Morgan fingerprint density at radius 3 is 2.61 bits per heavy atom. The van der Waals surface area contributed by atoms with Crippen LogP contribution in [0.4, 0.5) is 15.8 Å². The van der Waals surface area contributed by atoms with Crippen molar-refractivity contribution >= 4 is 29.3 Å². The molecule has 0 saturated heterocycles. The van der Waals surface area contributed by atoms with Crippen molar-refractivity contribution in [2.75, 3.05) is 10.2 Å². The number of nitrogens with one attached hydrogen (secondary N) is 1. The first kappa shape index (κ1) is 20.3. The fraction of sp³-hybridized carbons (Fsp3) is 0.120. The van der Waals surface area contributed by atoms with Crippen LogP contribution in [0.1, 0.15) is 18.1 Å². The van der Waals surface area contributed by atoms with E-state index in [9.17, 15) is 14.0 Å². The number of hydrogen-bond donors (Lipinski definition) is 1. The predicted molar refractivity (Wildman–Crippen MR) is 118 cm³/mol. The molecule has 6 heteroatoms. The summed E-state index contributed by atoms with van der Waals surface area (Å²) in [6.07, 6.45) is 2.47. The van der Waals surface area contributed by atoms with Gasteiger partial charge in [-0.15, -0.1) is 0 Å². The summed E-state index contributed by atoms with van der Waals surface area (Å²) in [4.78, 5) is 26.6. The van der Waals surface area contributed by atoms with Crippen molar-refractivity contribution in [1.82, 2.24) is 0 Å². The Bertz CT molecular complexity index is 1140. The Balaban J connectivity index is 1.57. The second-order valence-electron chi connectivity index (χ2n) is 7.19. The van der Waals surface area contributed by atoms with Gasteiger partial charge in [-0.25, -0.2) is 4.39 Å². The third kappa shape index (κ3) is 4.64. The van der Waals surface area contributed by atoms with Gasteiger partial charge >= 0.3 is 0 Å². The minimum absolute atomic E-state index is 0.0670. The number of carbonyl (C=O) groups excluding carboxylic acids is 2. The van der Waals surface area contributed by atoms with E-state index in [2.05, 4.69) is 5.32 Å². The van der Waals surface area contributed by atoms with E-state index in [4.69, 9.17) is 4.74 Å². The zero-order valence-corrected chi connectivity index (χ0v) is 16.9. The molecule has 31 heavy (non-hydrogen) atoms. The SMILES string of the molecule is CC1Oc2ccc(NC(=O)/C=C/c3ccccc3)cc2N(Cc2ccccc2F)C1=O. The molecule has 0 bridgehead atoms. The number of amides is 2. The van der Waals surface area contributed by atoms with Gasteiger partial charge in [0, 0.05) is 17.3 Å². The van der Waals surface area contributed by atoms with Crippen molar-refractivity contribution in [1.29, 1.82) is 0 Å². The Kier molecular flexibility index (Phi) is 5.80. The summed E-state index contributed by atoms with van der Waals surface area (Å²) in [5.41, 5.74) is 2.30. The first-order valence-corrected chi connectivity index (χ1v) is 9.91. The lowest BCUT2D eigenvalue weighted by Crippen LogP contribution is -2.44. The van der Waals surface area contributed by atoms with Gasteiger partial charge in [-0.05, 0) is 42.8 Å². The van der Waals surface area contributed by atoms with E-state index >= 15 is 0 Å². The van der Waals surface area contributed by atoms with E-state index in [1.165, 1.54) is 17.0 Å². The smallest absolute Gasteiger partial charge is 0.268 e. The van der Waals surface area contributed by atoms with Crippen molar-refractivity contribution in [3.8, 4) is 5.75 Å². The van der Waals surface area contributed by atoms with Crippen molar-refractivity contribution < 1.29 is 18.7 Å². The molecular weight excluding hydrogens is 395 g/mol. The molecule has 5 nitrogen and oxygen atoms in total. The summed E-state index contributed by atoms with van der Waals surface area (Å²) in [7, 11) is 0. The molecule has 0 aromatic heterocycles. The number of halogens is 1. The molecule has 1 aliphatic rings. The molecule has 3 aromatic carbocycles. The molecule has 0 spiro atoms. The van der Waals surface area contributed by atoms with Crippen LogP contribution in [-0.4, -0.2) is 17.9 Å². The molecule has 4 rings (SSSR count). The van der Waals surface area contributed by atoms with Crippen molar-refractivity contribution in [2.45, 2.75) is 19.6 Å². The molecule has 2 amide bonds. The normalized spacial score (nSPS) is 15.5. The number of hydrogen-bond acceptors (Lipinski definition) is 3. The highest BCUT2D eigenvalue weighted by molar-refractivity contribution is 6.04. The van der Waals surface area contributed by atoms with Crippen LogP contribution >= 0.6 is 0 Å². The van der Waals surface area contributed by atoms with Gasteiger partial charge in [0.1, 0.15) is 11.6 Å². The molecule has 1 aliphatic heterocycles. The first-order chi connectivity index (χ1) is 15.0. The minimum Gasteiger partial charge on any atom is -0.479 e. The summed E-state index contributed by atoms with van der Waals surface area (Å²) < 4.78 is 19.9. The third-order valence-electron chi connectivity index (χ3n) is 4.95. The highest BCUT2D eigenvalue weighted by atomic mass is 19.1. The number of rotatable bonds is 5. The van der Waals surface area contributed by atoms with Crippen LogP contribution in [0.5, 0.6) is 5.75 Å². The van der Waals surface area contributed by atoms with Crippen LogP contribution in [0.3, 0.4) is 0 Å². The van der Waals surface area contributed by atoms with Crippen molar-refractivity contribution in [3.05, 3.63) is 95.8 Å². The van der Waals surface area contributed by atoms with Crippen LogP contribution in [-0.2, 0) is 16.1 Å². The average molecular weight is 416 g/mol. The van der Waals surface area contributed by atoms with Crippen LogP contribution in [0, 0.1) is 5.82 Å². The first-order valence-electron chi connectivity index (χ1n) is 9.91. The summed E-state index contributed by atoms with van der Waals surface area (Å²) in [5.74, 6) is -0.461. The molecule has 0 fully saturated rings. The molecule has 0 aliphatic carbocycles. The second kappa shape index (κ2) is 8.83. The number of fused-ring (bicyclic) bond motifs is 1. The van der Waals surface area contributed by atoms with Crippen molar-refractivity contribution in [2.24, 2.45) is 0 Å². The van der Waals surface area contributed by atoms with E-state index in [-0.39, 0.29) is 24.2 Å². The van der Waals surface area contributed by atoms with Gasteiger partial charge in [0.15, 0.2) is 6.10 Å². The third-order valence-corrected chi connectivity index (χ3v) is 4.95. The van der Waals surface area contributed by atoms with Gasteiger partial charge < -0.3 is 15.0 Å².